The third kappa shape index (κ3) is 2.78. The Morgan fingerprint density at radius 2 is 1.68 bits per heavy atom. The second-order valence-corrected chi connectivity index (χ2v) is 7.34. The summed E-state index contributed by atoms with van der Waals surface area (Å²) in [6.45, 7) is 5.58. The highest BCUT2D eigenvalue weighted by molar-refractivity contribution is 6.07. The van der Waals surface area contributed by atoms with Crippen molar-refractivity contribution in [2.24, 2.45) is 0 Å². The van der Waals surface area contributed by atoms with Gasteiger partial charge in [-0.05, 0) is 55.2 Å². The van der Waals surface area contributed by atoms with Crippen LogP contribution >= 0.6 is 0 Å². The molecule has 6 heteroatoms. The molecule has 1 aliphatic heterocycles. The van der Waals surface area contributed by atoms with E-state index in [0.29, 0.717) is 16.7 Å². The van der Waals surface area contributed by atoms with Crippen molar-refractivity contribution >= 4 is 22.9 Å². The first-order valence-corrected chi connectivity index (χ1v) is 9.03. The molecule has 0 unspecified atom stereocenters. The van der Waals surface area contributed by atoms with Gasteiger partial charge in [0.05, 0.1) is 6.54 Å². The zero-order chi connectivity index (χ0) is 20.1. The van der Waals surface area contributed by atoms with Crippen molar-refractivity contribution < 1.29 is 14.0 Å². The number of carbonyl (C=O) groups excluding carboxylic acids is 2. The predicted molar refractivity (Wildman–Crippen MR) is 105 cm³/mol. The second-order valence-electron chi connectivity index (χ2n) is 7.34. The fourth-order valence-electron chi connectivity index (χ4n) is 3.59. The molecule has 0 spiro atoms. The number of fused-ring (bicyclic) bond motifs is 1. The third-order valence-corrected chi connectivity index (χ3v) is 5.40. The third-order valence-electron chi connectivity index (χ3n) is 5.40. The number of benzene rings is 2. The largest absolute Gasteiger partial charge is 0.423 e. The number of imide groups is 1. The van der Waals surface area contributed by atoms with Crippen molar-refractivity contribution in [3.05, 3.63) is 81.2 Å². The van der Waals surface area contributed by atoms with Crippen LogP contribution in [0, 0.1) is 13.8 Å². The summed E-state index contributed by atoms with van der Waals surface area (Å²) in [6, 6.07) is 13.7. The summed E-state index contributed by atoms with van der Waals surface area (Å²) < 4.78 is 5.31. The molecule has 2 heterocycles. The van der Waals surface area contributed by atoms with Gasteiger partial charge in [-0.2, -0.15) is 0 Å². The van der Waals surface area contributed by atoms with E-state index in [0.717, 1.165) is 21.4 Å². The number of urea groups is 1. The number of amides is 3. The van der Waals surface area contributed by atoms with Crippen LogP contribution in [-0.2, 0) is 16.9 Å². The van der Waals surface area contributed by atoms with E-state index in [-0.39, 0.29) is 12.5 Å². The molecule has 142 valence electrons. The number of nitrogens with zero attached hydrogens (tertiary/aromatic N) is 1. The molecule has 1 atom stereocenters. The highest BCUT2D eigenvalue weighted by atomic mass is 16.4. The van der Waals surface area contributed by atoms with Gasteiger partial charge in [-0.25, -0.2) is 9.59 Å². The predicted octanol–water partition coefficient (Wildman–Crippen LogP) is 3.38. The first kappa shape index (κ1) is 18.0. The molecule has 0 saturated carbocycles. The van der Waals surface area contributed by atoms with Crippen LogP contribution in [0.1, 0.15) is 29.2 Å². The minimum atomic E-state index is -1.14. The molecule has 6 nitrogen and oxygen atoms in total. The first-order chi connectivity index (χ1) is 13.3. The van der Waals surface area contributed by atoms with Crippen LogP contribution in [0.5, 0.6) is 0 Å². The summed E-state index contributed by atoms with van der Waals surface area (Å²) in [5.41, 5.74) is 2.12. The minimum Gasteiger partial charge on any atom is -0.423 e. The van der Waals surface area contributed by atoms with Crippen LogP contribution in [-0.4, -0.2) is 16.8 Å². The molecule has 1 N–H and O–H groups in total. The van der Waals surface area contributed by atoms with Crippen LogP contribution in [0.2, 0.25) is 0 Å². The van der Waals surface area contributed by atoms with Crippen molar-refractivity contribution in [3.8, 4) is 0 Å². The average Bonchev–Trinajstić information content (AvgIpc) is 2.88. The van der Waals surface area contributed by atoms with Gasteiger partial charge in [0, 0.05) is 11.5 Å². The van der Waals surface area contributed by atoms with Crippen molar-refractivity contribution in [3.63, 3.8) is 0 Å². The summed E-state index contributed by atoms with van der Waals surface area (Å²) >= 11 is 0. The maximum Gasteiger partial charge on any atom is 0.336 e. The van der Waals surface area contributed by atoms with E-state index >= 15 is 0 Å². The van der Waals surface area contributed by atoms with Gasteiger partial charge in [0.2, 0.25) is 0 Å². The lowest BCUT2D eigenvalue weighted by molar-refractivity contribution is -0.131. The Bertz CT molecular complexity index is 1170. The monoisotopic (exact) mass is 376 g/mol. The van der Waals surface area contributed by atoms with Crippen LogP contribution in [0.15, 0.2) is 57.7 Å². The zero-order valence-corrected chi connectivity index (χ0v) is 15.9. The lowest BCUT2D eigenvalue weighted by Gasteiger charge is -2.22. The summed E-state index contributed by atoms with van der Waals surface area (Å²) in [5.74, 6) is -0.353. The summed E-state index contributed by atoms with van der Waals surface area (Å²) in [4.78, 5) is 38.9. The van der Waals surface area contributed by atoms with Crippen molar-refractivity contribution in [1.82, 2.24) is 10.2 Å². The lowest BCUT2D eigenvalue weighted by atomic mass is 9.92. The van der Waals surface area contributed by atoms with Gasteiger partial charge in [-0.1, -0.05) is 30.3 Å². The molecule has 28 heavy (non-hydrogen) atoms. The molecule has 4 rings (SSSR count). The number of carbonyl (C=O) groups is 2. The fraction of sp³-hybridized carbons (Fsp3) is 0.227. The van der Waals surface area contributed by atoms with Gasteiger partial charge in [0.1, 0.15) is 11.1 Å². The van der Waals surface area contributed by atoms with Gasteiger partial charge in [0.25, 0.3) is 5.91 Å². The van der Waals surface area contributed by atoms with Gasteiger partial charge < -0.3 is 9.73 Å². The van der Waals surface area contributed by atoms with Gasteiger partial charge >= 0.3 is 11.7 Å². The molecule has 1 saturated heterocycles. The van der Waals surface area contributed by atoms with Crippen LogP contribution in [0.25, 0.3) is 11.0 Å². The quantitative estimate of drug-likeness (QED) is 0.561. The molecule has 1 aliphatic rings. The van der Waals surface area contributed by atoms with E-state index in [2.05, 4.69) is 5.32 Å². The number of hydrogen-bond acceptors (Lipinski definition) is 4. The van der Waals surface area contributed by atoms with Crippen molar-refractivity contribution in [2.75, 3.05) is 0 Å². The van der Waals surface area contributed by atoms with E-state index in [1.54, 1.807) is 25.1 Å². The highest BCUT2D eigenvalue weighted by Gasteiger charge is 2.48. The summed E-state index contributed by atoms with van der Waals surface area (Å²) in [6.07, 6.45) is 0. The smallest absolute Gasteiger partial charge is 0.336 e. The molecule has 0 aliphatic carbocycles. The molecule has 2 aromatic carbocycles. The number of aryl methyl sites for hydroxylation is 2. The van der Waals surface area contributed by atoms with E-state index in [4.69, 9.17) is 4.42 Å². The van der Waals surface area contributed by atoms with Crippen molar-refractivity contribution in [2.45, 2.75) is 32.9 Å². The fourth-order valence-corrected chi connectivity index (χ4v) is 3.59. The molecule has 3 amide bonds. The standard InChI is InChI=1S/C22H20N2O4/c1-13-9-17-15(11-19(25)28-18(17)10-14(13)2)12-24-20(26)22(3,23-21(24)27)16-7-5-4-6-8-16/h4-11H,12H2,1-3H3,(H,23,27)/t22-/m0/s1. The molecule has 3 aromatic rings. The highest BCUT2D eigenvalue weighted by Crippen LogP contribution is 2.31. The summed E-state index contributed by atoms with van der Waals surface area (Å²) in [7, 11) is 0. The average molecular weight is 376 g/mol. The molecule has 1 fully saturated rings. The Kier molecular flexibility index (Phi) is 4.07. The van der Waals surface area contributed by atoms with E-state index in [1.165, 1.54) is 6.07 Å². The maximum atomic E-state index is 13.1. The molecule has 0 bridgehead atoms. The molecular weight excluding hydrogens is 356 g/mol. The van der Waals surface area contributed by atoms with Gasteiger partial charge in [-0.15, -0.1) is 0 Å². The Morgan fingerprint density at radius 1 is 1.00 bits per heavy atom. The van der Waals surface area contributed by atoms with E-state index < -0.39 is 17.2 Å². The van der Waals surface area contributed by atoms with E-state index in [9.17, 15) is 14.4 Å². The number of nitrogens with one attached hydrogen (secondary N) is 1. The van der Waals surface area contributed by atoms with Crippen LogP contribution in [0.4, 0.5) is 4.79 Å². The Labute approximate surface area is 161 Å². The van der Waals surface area contributed by atoms with Crippen LogP contribution < -0.4 is 10.9 Å². The molecular formula is C22H20N2O4. The second kappa shape index (κ2) is 6.34. The van der Waals surface area contributed by atoms with E-state index in [1.807, 2.05) is 38.1 Å². The Balaban J connectivity index is 1.76. The van der Waals surface area contributed by atoms with Gasteiger partial charge in [0.15, 0.2) is 0 Å². The SMILES string of the molecule is Cc1cc2oc(=O)cc(CN3C(=O)N[C@@](C)(c4ccccc4)C3=O)c2cc1C. The Morgan fingerprint density at radius 3 is 2.39 bits per heavy atom. The minimum absolute atomic E-state index is 0.00229. The first-order valence-electron chi connectivity index (χ1n) is 9.03. The molecule has 0 radical (unpaired) electrons. The van der Waals surface area contributed by atoms with Crippen LogP contribution in [0.3, 0.4) is 0 Å². The zero-order valence-electron chi connectivity index (χ0n) is 15.9. The van der Waals surface area contributed by atoms with Crippen molar-refractivity contribution in [1.29, 1.82) is 0 Å². The topological polar surface area (TPSA) is 79.6 Å². The molecule has 1 aromatic heterocycles. The van der Waals surface area contributed by atoms with Gasteiger partial charge in [-0.3, -0.25) is 9.69 Å². The normalized spacial score (nSPS) is 19.3. The number of hydrogen-bond donors (Lipinski definition) is 1. The maximum absolute atomic E-state index is 13.1. The number of rotatable bonds is 3. The summed E-state index contributed by atoms with van der Waals surface area (Å²) in [5, 5.41) is 3.50. The Hall–Kier alpha value is -3.41. The lowest BCUT2D eigenvalue weighted by Crippen LogP contribution is -2.40.